The molecule has 96 valence electrons. The molecule has 6 heteroatoms. The van der Waals surface area contributed by atoms with Gasteiger partial charge in [0, 0.05) is 45.5 Å². The van der Waals surface area contributed by atoms with Crippen molar-refractivity contribution in [3.63, 3.8) is 0 Å². The van der Waals surface area contributed by atoms with Crippen LogP contribution in [0.25, 0.3) is 0 Å². The van der Waals surface area contributed by atoms with Crippen LogP contribution in [0.4, 0.5) is 0 Å². The Balaban J connectivity index is 2.02. The summed E-state index contributed by atoms with van der Waals surface area (Å²) in [6.07, 6.45) is 5.31. The first kappa shape index (κ1) is 12.5. The molecule has 2 amide bonds. The number of nitrogens with zero attached hydrogens (tertiary/aromatic N) is 4. The summed E-state index contributed by atoms with van der Waals surface area (Å²) in [4.78, 5) is 34.8. The van der Waals surface area contributed by atoms with Crippen LogP contribution in [0.2, 0.25) is 0 Å². The van der Waals surface area contributed by atoms with Crippen LogP contribution in [0.3, 0.4) is 0 Å². The number of rotatable bonds is 1. The van der Waals surface area contributed by atoms with Gasteiger partial charge in [-0.3, -0.25) is 14.6 Å². The monoisotopic (exact) mass is 248 g/mol. The van der Waals surface area contributed by atoms with Gasteiger partial charge in [-0.15, -0.1) is 0 Å². The van der Waals surface area contributed by atoms with Crippen LogP contribution in [0.5, 0.6) is 0 Å². The van der Waals surface area contributed by atoms with Gasteiger partial charge in [0.1, 0.15) is 5.69 Å². The van der Waals surface area contributed by atoms with Gasteiger partial charge in [0.25, 0.3) is 5.91 Å². The van der Waals surface area contributed by atoms with E-state index in [-0.39, 0.29) is 11.8 Å². The Kier molecular flexibility index (Phi) is 3.86. The van der Waals surface area contributed by atoms with Crippen molar-refractivity contribution in [3.8, 4) is 0 Å². The summed E-state index contributed by atoms with van der Waals surface area (Å²) >= 11 is 0. The molecule has 0 N–H and O–H groups in total. The van der Waals surface area contributed by atoms with Gasteiger partial charge in [-0.05, 0) is 6.42 Å². The second-order valence-electron chi connectivity index (χ2n) is 4.24. The van der Waals surface area contributed by atoms with E-state index in [0.717, 1.165) is 6.42 Å². The fourth-order valence-corrected chi connectivity index (χ4v) is 2.01. The highest BCUT2D eigenvalue weighted by Crippen LogP contribution is 2.07. The lowest BCUT2D eigenvalue weighted by Gasteiger charge is -2.20. The summed E-state index contributed by atoms with van der Waals surface area (Å²) < 4.78 is 0. The minimum absolute atomic E-state index is 0.0591. The fraction of sp³-hybridized carbons (Fsp3) is 0.500. The SMILES string of the molecule is CC(=O)N1CCCN(C(=O)c2cnccn2)CC1. The maximum atomic E-state index is 12.1. The van der Waals surface area contributed by atoms with Crippen molar-refractivity contribution >= 4 is 11.8 Å². The lowest BCUT2D eigenvalue weighted by Crippen LogP contribution is -2.36. The molecule has 18 heavy (non-hydrogen) atoms. The van der Waals surface area contributed by atoms with E-state index in [1.165, 1.54) is 18.6 Å². The molecule has 0 unspecified atom stereocenters. The third-order valence-corrected chi connectivity index (χ3v) is 3.01. The smallest absolute Gasteiger partial charge is 0.274 e. The van der Waals surface area contributed by atoms with Crippen molar-refractivity contribution in [2.45, 2.75) is 13.3 Å². The molecule has 6 nitrogen and oxygen atoms in total. The van der Waals surface area contributed by atoms with E-state index in [1.54, 1.807) is 16.7 Å². The average molecular weight is 248 g/mol. The van der Waals surface area contributed by atoms with Crippen LogP contribution < -0.4 is 0 Å². The van der Waals surface area contributed by atoms with Gasteiger partial charge in [-0.25, -0.2) is 4.98 Å². The summed E-state index contributed by atoms with van der Waals surface area (Å²) in [5.74, 6) is -0.0581. The van der Waals surface area contributed by atoms with E-state index in [0.29, 0.717) is 31.9 Å². The molecule has 2 rings (SSSR count). The molecule has 1 saturated heterocycles. The number of hydrogen-bond acceptors (Lipinski definition) is 4. The Hall–Kier alpha value is -1.98. The number of carbonyl (C=O) groups excluding carboxylic acids is 2. The highest BCUT2D eigenvalue weighted by atomic mass is 16.2. The summed E-state index contributed by atoms with van der Waals surface area (Å²) in [6.45, 7) is 4.05. The molecule has 1 aromatic rings. The van der Waals surface area contributed by atoms with Gasteiger partial charge < -0.3 is 9.80 Å². The number of amides is 2. The van der Waals surface area contributed by atoms with Crippen LogP contribution in [-0.2, 0) is 4.79 Å². The zero-order chi connectivity index (χ0) is 13.0. The second-order valence-corrected chi connectivity index (χ2v) is 4.24. The summed E-state index contributed by atoms with van der Waals surface area (Å²) in [7, 11) is 0. The average Bonchev–Trinajstić information content (AvgIpc) is 2.64. The maximum absolute atomic E-state index is 12.1. The van der Waals surface area contributed by atoms with Crippen molar-refractivity contribution in [2.24, 2.45) is 0 Å². The van der Waals surface area contributed by atoms with Crippen molar-refractivity contribution < 1.29 is 9.59 Å². The van der Waals surface area contributed by atoms with Gasteiger partial charge in [0.05, 0.1) is 6.20 Å². The zero-order valence-corrected chi connectivity index (χ0v) is 10.4. The first-order valence-electron chi connectivity index (χ1n) is 5.99. The lowest BCUT2D eigenvalue weighted by atomic mass is 10.3. The molecular weight excluding hydrogens is 232 g/mol. The van der Waals surface area contributed by atoms with Crippen LogP contribution in [-0.4, -0.2) is 57.8 Å². The number of carbonyl (C=O) groups is 2. The van der Waals surface area contributed by atoms with E-state index in [1.807, 2.05) is 0 Å². The van der Waals surface area contributed by atoms with Crippen molar-refractivity contribution in [1.82, 2.24) is 19.8 Å². The van der Waals surface area contributed by atoms with Crippen LogP contribution >= 0.6 is 0 Å². The van der Waals surface area contributed by atoms with E-state index >= 15 is 0 Å². The molecule has 1 aliphatic heterocycles. The first-order valence-corrected chi connectivity index (χ1v) is 5.99. The largest absolute Gasteiger partial charge is 0.341 e. The zero-order valence-electron chi connectivity index (χ0n) is 10.4. The number of aromatic nitrogens is 2. The Morgan fingerprint density at radius 2 is 1.83 bits per heavy atom. The molecule has 0 atom stereocenters. The van der Waals surface area contributed by atoms with E-state index in [4.69, 9.17) is 0 Å². The predicted molar refractivity (Wildman–Crippen MR) is 64.8 cm³/mol. The summed E-state index contributed by atoms with van der Waals surface area (Å²) in [5, 5.41) is 0. The van der Waals surface area contributed by atoms with Crippen LogP contribution in [0, 0.1) is 0 Å². The maximum Gasteiger partial charge on any atom is 0.274 e. The molecule has 1 fully saturated rings. The molecular formula is C12H16N4O2. The molecule has 0 spiro atoms. The minimum atomic E-state index is -0.117. The Morgan fingerprint density at radius 1 is 1.11 bits per heavy atom. The topological polar surface area (TPSA) is 66.4 Å². The van der Waals surface area contributed by atoms with Crippen molar-refractivity contribution in [3.05, 3.63) is 24.3 Å². The van der Waals surface area contributed by atoms with E-state index in [2.05, 4.69) is 9.97 Å². The lowest BCUT2D eigenvalue weighted by molar-refractivity contribution is -0.128. The van der Waals surface area contributed by atoms with Gasteiger partial charge in [0.15, 0.2) is 0 Å². The predicted octanol–water partition coefficient (Wildman–Crippen LogP) is 0.171. The van der Waals surface area contributed by atoms with E-state index in [9.17, 15) is 9.59 Å². The van der Waals surface area contributed by atoms with Crippen LogP contribution in [0.15, 0.2) is 18.6 Å². The summed E-state index contributed by atoms with van der Waals surface area (Å²) in [5.41, 5.74) is 0.355. The molecule has 2 heterocycles. The minimum Gasteiger partial charge on any atom is -0.341 e. The molecule has 0 saturated carbocycles. The van der Waals surface area contributed by atoms with Crippen molar-refractivity contribution in [2.75, 3.05) is 26.2 Å². The molecule has 1 aliphatic rings. The van der Waals surface area contributed by atoms with E-state index < -0.39 is 0 Å². The Labute approximate surface area is 106 Å². The first-order chi connectivity index (χ1) is 8.68. The third-order valence-electron chi connectivity index (χ3n) is 3.01. The quantitative estimate of drug-likeness (QED) is 0.710. The highest BCUT2D eigenvalue weighted by molar-refractivity contribution is 5.92. The normalized spacial score (nSPS) is 16.3. The van der Waals surface area contributed by atoms with Crippen LogP contribution in [0.1, 0.15) is 23.8 Å². The molecule has 0 radical (unpaired) electrons. The second kappa shape index (κ2) is 5.57. The third kappa shape index (κ3) is 2.82. The molecule has 0 aromatic carbocycles. The molecule has 0 bridgehead atoms. The van der Waals surface area contributed by atoms with Gasteiger partial charge in [-0.1, -0.05) is 0 Å². The fourth-order valence-electron chi connectivity index (χ4n) is 2.01. The molecule has 1 aromatic heterocycles. The van der Waals surface area contributed by atoms with Crippen molar-refractivity contribution in [1.29, 1.82) is 0 Å². The van der Waals surface area contributed by atoms with Gasteiger partial charge in [-0.2, -0.15) is 0 Å². The summed E-state index contributed by atoms with van der Waals surface area (Å²) in [6, 6.07) is 0. The van der Waals surface area contributed by atoms with Gasteiger partial charge >= 0.3 is 0 Å². The number of hydrogen-bond donors (Lipinski definition) is 0. The van der Waals surface area contributed by atoms with Gasteiger partial charge in [0.2, 0.25) is 5.91 Å². The standard InChI is InChI=1S/C12H16N4O2/c1-10(17)15-5-2-6-16(8-7-15)12(18)11-9-13-3-4-14-11/h3-4,9H,2,5-8H2,1H3. The Bertz CT molecular complexity index is 435. The highest BCUT2D eigenvalue weighted by Gasteiger charge is 2.21. The molecule has 0 aliphatic carbocycles. The Morgan fingerprint density at radius 3 is 2.50 bits per heavy atom.